The molecule has 1 aliphatic rings. The second-order valence-corrected chi connectivity index (χ2v) is 9.29. The summed E-state index contributed by atoms with van der Waals surface area (Å²) in [5, 5.41) is 24.3. The van der Waals surface area contributed by atoms with E-state index in [9.17, 15) is 5.11 Å². The van der Waals surface area contributed by atoms with Crippen LogP contribution in [0.1, 0.15) is 22.5 Å². The Morgan fingerprint density at radius 2 is 2.11 bits per heavy atom. The predicted molar refractivity (Wildman–Crippen MR) is 145 cm³/mol. The van der Waals surface area contributed by atoms with Crippen LogP contribution in [0.4, 0.5) is 5.82 Å². The summed E-state index contributed by atoms with van der Waals surface area (Å²) < 4.78 is 5.79. The molecule has 194 valence electrons. The van der Waals surface area contributed by atoms with Gasteiger partial charge in [-0.3, -0.25) is 0 Å². The zero-order valence-corrected chi connectivity index (χ0v) is 22.2. The van der Waals surface area contributed by atoms with E-state index in [0.29, 0.717) is 59.0 Å². The zero-order valence-electron chi connectivity index (χ0n) is 20.7. The molecule has 10 nitrogen and oxygen atoms in total. The zero-order chi connectivity index (χ0) is 26.5. The lowest BCUT2D eigenvalue weighted by molar-refractivity contribution is 0.108. The summed E-state index contributed by atoms with van der Waals surface area (Å²) in [6.45, 7) is 3.58. The molecular formula is C25H28Cl2N8O2. The van der Waals surface area contributed by atoms with Crippen LogP contribution in [-0.2, 0) is 13.1 Å². The van der Waals surface area contributed by atoms with Gasteiger partial charge in [0.2, 0.25) is 0 Å². The van der Waals surface area contributed by atoms with Gasteiger partial charge in [-0.1, -0.05) is 23.2 Å². The molecule has 0 radical (unpaired) electrons. The van der Waals surface area contributed by atoms with Gasteiger partial charge in [0.05, 0.1) is 33.7 Å². The summed E-state index contributed by atoms with van der Waals surface area (Å²) in [6.07, 6.45) is 3.75. The van der Waals surface area contributed by atoms with Crippen molar-refractivity contribution >= 4 is 40.9 Å². The second kappa shape index (κ2) is 11.8. The van der Waals surface area contributed by atoms with Crippen molar-refractivity contribution in [1.82, 2.24) is 30.6 Å². The van der Waals surface area contributed by atoms with Crippen molar-refractivity contribution in [3.8, 4) is 17.1 Å². The summed E-state index contributed by atoms with van der Waals surface area (Å²) in [5.74, 6) is 1.57. The fourth-order valence-corrected chi connectivity index (χ4v) is 4.49. The van der Waals surface area contributed by atoms with E-state index in [1.165, 1.54) is 6.33 Å². The lowest BCUT2D eigenvalue weighted by atomic mass is 10.1. The fourth-order valence-electron chi connectivity index (χ4n) is 4.10. The molecule has 0 unspecified atom stereocenters. The number of hydrogen-bond donors (Lipinski definition) is 4. The highest BCUT2D eigenvalue weighted by Crippen LogP contribution is 2.36. The average Bonchev–Trinajstić information content (AvgIpc) is 3.33. The summed E-state index contributed by atoms with van der Waals surface area (Å²) >= 11 is 13.0. The van der Waals surface area contributed by atoms with Crippen molar-refractivity contribution < 1.29 is 9.84 Å². The number of fused-ring (bicyclic) bond motifs is 1. The van der Waals surface area contributed by atoms with Gasteiger partial charge in [0.1, 0.15) is 30.6 Å². The first-order valence-corrected chi connectivity index (χ1v) is 12.4. The van der Waals surface area contributed by atoms with Crippen LogP contribution in [0, 0.1) is 12.3 Å². The van der Waals surface area contributed by atoms with E-state index in [1.807, 2.05) is 13.1 Å². The monoisotopic (exact) mass is 542 g/mol. The Balaban J connectivity index is 1.81. The number of aliphatic hydroxyl groups excluding tert-OH is 1. The minimum Gasteiger partial charge on any atom is -0.491 e. The molecule has 37 heavy (non-hydrogen) atoms. The minimum atomic E-state index is -0.663. The van der Waals surface area contributed by atoms with Crippen LogP contribution in [0.3, 0.4) is 0 Å². The quantitative estimate of drug-likeness (QED) is 0.285. The first kappa shape index (κ1) is 26.7. The van der Waals surface area contributed by atoms with Gasteiger partial charge in [-0.05, 0) is 32.2 Å². The first-order valence-electron chi connectivity index (χ1n) is 11.6. The molecule has 0 saturated heterocycles. The molecule has 4 N–H and O–H groups in total. The van der Waals surface area contributed by atoms with E-state index in [2.05, 4.69) is 25.5 Å². The number of nitrogens with zero attached hydrogens (tertiary/aromatic N) is 5. The smallest absolute Gasteiger partial charge is 0.163 e. The standard InChI is InChI=1S/C25H28Cl2N8O2/c1-14-22(23(30-3)20(27)7-28)33-24(34-25(14)35-10-15-8-31-13-32-21(15)11-35)18-6-17(4-5-19(18)26)37-12-16(36)9-29-2/h4-8,13,16,28-30,36H,9-12H2,1-3H3/b23-20+,28-7?/t16-/m1/s1. The van der Waals surface area contributed by atoms with Crippen LogP contribution < -0.4 is 20.3 Å². The normalized spacial score (nSPS) is 14.2. The molecule has 0 amide bonds. The molecule has 0 fully saturated rings. The number of likely N-dealkylation sites (N-methyl/N-ethyl adjacent to an activating group) is 1. The summed E-state index contributed by atoms with van der Waals surface area (Å²) in [4.78, 5) is 20.4. The number of allylic oxidation sites excluding steroid dienone is 1. The maximum absolute atomic E-state index is 10.0. The van der Waals surface area contributed by atoms with Gasteiger partial charge in [0.25, 0.3) is 0 Å². The maximum atomic E-state index is 10.0. The van der Waals surface area contributed by atoms with Crippen molar-refractivity contribution in [2.75, 3.05) is 32.1 Å². The van der Waals surface area contributed by atoms with Gasteiger partial charge < -0.3 is 30.8 Å². The maximum Gasteiger partial charge on any atom is 0.163 e. The number of ether oxygens (including phenoxy) is 1. The molecule has 3 heterocycles. The van der Waals surface area contributed by atoms with Gasteiger partial charge in [0, 0.05) is 49.2 Å². The van der Waals surface area contributed by atoms with Gasteiger partial charge in [0.15, 0.2) is 5.82 Å². The highest BCUT2D eigenvalue weighted by atomic mass is 35.5. The molecule has 0 saturated carbocycles. The van der Waals surface area contributed by atoms with E-state index in [0.717, 1.165) is 23.0 Å². The summed E-state index contributed by atoms with van der Waals surface area (Å²) in [7, 11) is 3.49. The van der Waals surface area contributed by atoms with Gasteiger partial charge in [-0.25, -0.2) is 19.9 Å². The molecular weight excluding hydrogens is 515 g/mol. The molecule has 3 aromatic rings. The summed E-state index contributed by atoms with van der Waals surface area (Å²) in [5.41, 5.74) is 4.35. The average molecular weight is 543 g/mol. The van der Waals surface area contributed by atoms with Crippen molar-refractivity contribution in [1.29, 1.82) is 5.41 Å². The van der Waals surface area contributed by atoms with Crippen molar-refractivity contribution in [2.24, 2.45) is 0 Å². The number of aliphatic hydroxyl groups is 1. The molecule has 1 atom stereocenters. The highest BCUT2D eigenvalue weighted by Gasteiger charge is 2.27. The molecule has 2 aromatic heterocycles. The Kier molecular flexibility index (Phi) is 8.55. The van der Waals surface area contributed by atoms with E-state index in [-0.39, 0.29) is 11.6 Å². The number of hydrogen-bond acceptors (Lipinski definition) is 10. The third kappa shape index (κ3) is 5.83. The van der Waals surface area contributed by atoms with Gasteiger partial charge >= 0.3 is 0 Å². The van der Waals surface area contributed by atoms with Crippen LogP contribution in [0.15, 0.2) is 35.8 Å². The van der Waals surface area contributed by atoms with E-state index in [4.69, 9.17) is 43.3 Å². The molecule has 1 aliphatic heterocycles. The third-order valence-electron chi connectivity index (χ3n) is 5.92. The Labute approximate surface area is 225 Å². The van der Waals surface area contributed by atoms with Gasteiger partial charge in [-0.2, -0.15) is 0 Å². The number of aromatic nitrogens is 4. The van der Waals surface area contributed by atoms with Crippen molar-refractivity contribution in [2.45, 2.75) is 26.1 Å². The number of benzene rings is 1. The van der Waals surface area contributed by atoms with E-state index >= 15 is 0 Å². The first-order chi connectivity index (χ1) is 17.9. The van der Waals surface area contributed by atoms with Crippen LogP contribution in [0.25, 0.3) is 17.1 Å². The number of halogens is 2. The SMILES string of the molecule is CNC[C@@H](O)COc1ccc(Cl)c(-c2nc(/C(NC)=C(\Cl)C=N)c(C)c(N3Cc4cncnc4C3)n2)c1. The predicted octanol–water partition coefficient (Wildman–Crippen LogP) is 3.15. The van der Waals surface area contributed by atoms with Crippen molar-refractivity contribution in [3.63, 3.8) is 0 Å². The molecule has 12 heteroatoms. The molecule has 0 aliphatic carbocycles. The number of rotatable bonds is 10. The number of anilines is 1. The Bertz CT molecular complexity index is 1310. The number of nitrogens with one attached hydrogen (secondary N) is 3. The molecule has 1 aromatic carbocycles. The molecule has 4 rings (SSSR count). The largest absolute Gasteiger partial charge is 0.491 e. The lowest BCUT2D eigenvalue weighted by Gasteiger charge is -2.22. The van der Waals surface area contributed by atoms with E-state index in [1.54, 1.807) is 32.3 Å². The second-order valence-electron chi connectivity index (χ2n) is 8.48. The van der Waals surface area contributed by atoms with Crippen LogP contribution in [0.5, 0.6) is 5.75 Å². The summed E-state index contributed by atoms with van der Waals surface area (Å²) in [6, 6.07) is 5.19. The highest BCUT2D eigenvalue weighted by molar-refractivity contribution is 6.42. The Morgan fingerprint density at radius 3 is 2.81 bits per heavy atom. The molecule has 0 bridgehead atoms. The van der Waals surface area contributed by atoms with Crippen LogP contribution in [0.2, 0.25) is 5.02 Å². The molecule has 0 spiro atoms. The lowest BCUT2D eigenvalue weighted by Crippen LogP contribution is -2.29. The van der Waals surface area contributed by atoms with Crippen molar-refractivity contribution in [3.05, 3.63) is 63.3 Å². The third-order valence-corrected chi connectivity index (χ3v) is 6.54. The van der Waals surface area contributed by atoms with E-state index < -0.39 is 6.10 Å². The van der Waals surface area contributed by atoms with Gasteiger partial charge in [-0.15, -0.1) is 0 Å². The minimum absolute atomic E-state index is 0.113. The Morgan fingerprint density at radius 1 is 1.30 bits per heavy atom. The van der Waals surface area contributed by atoms with Crippen LogP contribution in [-0.4, -0.2) is 64.6 Å². The fraction of sp³-hybridized carbons (Fsp3) is 0.320. The Hall–Kier alpha value is -3.31. The topological polar surface area (TPSA) is 132 Å². The van der Waals surface area contributed by atoms with Crippen LogP contribution >= 0.6 is 23.2 Å².